The van der Waals surface area contributed by atoms with Crippen LogP contribution in [0.25, 0.3) is 0 Å². The van der Waals surface area contributed by atoms with Crippen molar-refractivity contribution in [1.82, 2.24) is 9.59 Å². The highest BCUT2D eigenvalue weighted by Gasteiger charge is 1.89. The molecule has 0 radical (unpaired) electrons. The first kappa shape index (κ1) is 6.48. The molecule has 1 heterocycles. The Kier molecular flexibility index (Phi) is 2.45. The van der Waals surface area contributed by atoms with Gasteiger partial charge in [0.15, 0.2) is 5.82 Å². The first-order chi connectivity index (χ1) is 4.43. The Labute approximate surface area is 58.3 Å². The molecule has 1 aromatic rings. The Morgan fingerprint density at radius 3 is 3.22 bits per heavy atom. The van der Waals surface area contributed by atoms with Crippen LogP contribution in [0.2, 0.25) is 0 Å². The molecule has 4 heteroatoms. The molecule has 1 aromatic heterocycles. The number of hydrogen-bond donors (Lipinski definition) is 1. The molecule has 3 nitrogen and oxygen atoms in total. The van der Waals surface area contributed by atoms with Gasteiger partial charge in [-0.2, -0.15) is 0 Å². The summed E-state index contributed by atoms with van der Waals surface area (Å²) in [5.41, 5.74) is 0. The van der Waals surface area contributed by atoms with Gasteiger partial charge in [0.1, 0.15) is 0 Å². The van der Waals surface area contributed by atoms with Crippen LogP contribution in [0.15, 0.2) is 5.38 Å². The van der Waals surface area contributed by atoms with Crippen LogP contribution in [-0.4, -0.2) is 16.1 Å². The van der Waals surface area contributed by atoms with E-state index in [1.54, 1.807) is 0 Å². The molecule has 0 bridgehead atoms. The molecule has 0 saturated heterocycles. The van der Waals surface area contributed by atoms with Crippen LogP contribution in [0.1, 0.15) is 13.3 Å². The van der Waals surface area contributed by atoms with E-state index in [1.165, 1.54) is 11.5 Å². The SMILES string of the molecule is CCCNc1csnn1. The largest absolute Gasteiger partial charge is 0.368 e. The van der Waals surface area contributed by atoms with E-state index in [9.17, 15) is 0 Å². The zero-order chi connectivity index (χ0) is 6.53. The minimum atomic E-state index is 0.891. The van der Waals surface area contributed by atoms with Crippen LogP contribution in [0.4, 0.5) is 5.82 Å². The summed E-state index contributed by atoms with van der Waals surface area (Å²) < 4.78 is 3.70. The molecule has 0 spiro atoms. The third-order valence-corrected chi connectivity index (χ3v) is 1.42. The molecule has 0 saturated carbocycles. The van der Waals surface area contributed by atoms with E-state index in [-0.39, 0.29) is 0 Å². The maximum atomic E-state index is 3.81. The number of aromatic nitrogens is 2. The van der Waals surface area contributed by atoms with Crippen molar-refractivity contribution < 1.29 is 0 Å². The lowest BCUT2D eigenvalue weighted by Gasteiger charge is -1.94. The highest BCUT2D eigenvalue weighted by Crippen LogP contribution is 2.01. The van der Waals surface area contributed by atoms with Crippen molar-refractivity contribution in [3.05, 3.63) is 5.38 Å². The fourth-order valence-electron chi connectivity index (χ4n) is 0.495. The van der Waals surface area contributed by atoms with Crippen molar-refractivity contribution in [3.8, 4) is 0 Å². The molecular formula is C5H9N3S. The minimum absolute atomic E-state index is 0.891. The summed E-state index contributed by atoms with van der Waals surface area (Å²) in [6, 6.07) is 0. The lowest BCUT2D eigenvalue weighted by atomic mass is 10.5. The van der Waals surface area contributed by atoms with Gasteiger partial charge in [0.2, 0.25) is 0 Å². The molecule has 1 rings (SSSR count). The van der Waals surface area contributed by atoms with Gasteiger partial charge in [-0.1, -0.05) is 11.4 Å². The molecule has 1 N–H and O–H groups in total. The second-order valence-corrected chi connectivity index (χ2v) is 2.33. The van der Waals surface area contributed by atoms with Crippen LogP contribution in [0, 0.1) is 0 Å². The lowest BCUT2D eigenvalue weighted by molar-refractivity contribution is 0.963. The van der Waals surface area contributed by atoms with Crippen LogP contribution >= 0.6 is 11.5 Å². The van der Waals surface area contributed by atoms with E-state index in [2.05, 4.69) is 21.8 Å². The minimum Gasteiger partial charge on any atom is -0.368 e. The molecule has 0 aliphatic carbocycles. The second kappa shape index (κ2) is 3.40. The van der Waals surface area contributed by atoms with Gasteiger partial charge in [0, 0.05) is 6.54 Å². The maximum absolute atomic E-state index is 3.81. The van der Waals surface area contributed by atoms with Crippen LogP contribution in [-0.2, 0) is 0 Å². The first-order valence-electron chi connectivity index (χ1n) is 2.94. The van der Waals surface area contributed by atoms with Crippen LogP contribution < -0.4 is 5.32 Å². The predicted octanol–water partition coefficient (Wildman–Crippen LogP) is 1.36. The zero-order valence-electron chi connectivity index (χ0n) is 5.29. The lowest BCUT2D eigenvalue weighted by Crippen LogP contribution is -1.99. The summed E-state index contributed by atoms with van der Waals surface area (Å²) in [6.07, 6.45) is 1.12. The zero-order valence-corrected chi connectivity index (χ0v) is 6.11. The maximum Gasteiger partial charge on any atom is 0.161 e. The smallest absolute Gasteiger partial charge is 0.161 e. The molecule has 50 valence electrons. The quantitative estimate of drug-likeness (QED) is 0.694. The number of rotatable bonds is 3. The number of hydrogen-bond acceptors (Lipinski definition) is 4. The molecule has 0 atom stereocenters. The summed E-state index contributed by atoms with van der Waals surface area (Å²) in [5, 5.41) is 8.82. The average molecular weight is 143 g/mol. The van der Waals surface area contributed by atoms with Gasteiger partial charge in [0.25, 0.3) is 0 Å². The van der Waals surface area contributed by atoms with E-state index in [0.29, 0.717) is 0 Å². The third kappa shape index (κ3) is 1.97. The fourth-order valence-corrected chi connectivity index (χ4v) is 0.907. The normalized spacial score (nSPS) is 9.44. The number of nitrogens with one attached hydrogen (secondary N) is 1. The Bertz CT molecular complexity index is 149. The summed E-state index contributed by atoms with van der Waals surface area (Å²) in [7, 11) is 0. The monoisotopic (exact) mass is 143 g/mol. The van der Waals surface area contributed by atoms with E-state index in [0.717, 1.165) is 18.8 Å². The van der Waals surface area contributed by atoms with Gasteiger partial charge in [0.05, 0.1) is 5.38 Å². The van der Waals surface area contributed by atoms with Gasteiger partial charge >= 0.3 is 0 Å². The molecular weight excluding hydrogens is 134 g/mol. The topological polar surface area (TPSA) is 37.8 Å². The van der Waals surface area contributed by atoms with E-state index in [1.807, 2.05) is 5.38 Å². The molecule has 0 aromatic carbocycles. The Morgan fingerprint density at radius 1 is 1.78 bits per heavy atom. The molecule has 0 unspecified atom stereocenters. The van der Waals surface area contributed by atoms with Gasteiger partial charge in [-0.25, -0.2) is 0 Å². The predicted molar refractivity (Wildman–Crippen MR) is 38.7 cm³/mol. The highest BCUT2D eigenvalue weighted by atomic mass is 32.1. The van der Waals surface area contributed by atoms with Gasteiger partial charge in [-0.05, 0) is 18.0 Å². The van der Waals surface area contributed by atoms with Gasteiger partial charge in [-0.15, -0.1) is 5.10 Å². The summed E-state index contributed by atoms with van der Waals surface area (Å²) in [6.45, 7) is 3.10. The van der Waals surface area contributed by atoms with Crippen molar-refractivity contribution in [2.24, 2.45) is 0 Å². The van der Waals surface area contributed by atoms with E-state index in [4.69, 9.17) is 0 Å². The molecule has 0 fully saturated rings. The average Bonchev–Trinajstić information content (AvgIpc) is 2.34. The van der Waals surface area contributed by atoms with Crippen molar-refractivity contribution in [3.63, 3.8) is 0 Å². The van der Waals surface area contributed by atoms with Crippen molar-refractivity contribution in [2.45, 2.75) is 13.3 Å². The van der Waals surface area contributed by atoms with Crippen molar-refractivity contribution in [2.75, 3.05) is 11.9 Å². The molecule has 9 heavy (non-hydrogen) atoms. The van der Waals surface area contributed by atoms with Gasteiger partial charge < -0.3 is 5.32 Å². The Hall–Kier alpha value is -0.640. The number of anilines is 1. The summed E-state index contributed by atoms with van der Waals surface area (Å²) in [5.74, 6) is 0.891. The summed E-state index contributed by atoms with van der Waals surface area (Å²) >= 11 is 1.37. The number of nitrogens with zero attached hydrogens (tertiary/aromatic N) is 2. The fraction of sp³-hybridized carbons (Fsp3) is 0.600. The van der Waals surface area contributed by atoms with Crippen molar-refractivity contribution >= 4 is 17.4 Å². The molecule has 0 aliphatic heterocycles. The Morgan fingerprint density at radius 2 is 2.67 bits per heavy atom. The highest BCUT2D eigenvalue weighted by molar-refractivity contribution is 7.03. The van der Waals surface area contributed by atoms with E-state index < -0.39 is 0 Å². The standard InChI is InChI=1S/C5H9N3S/c1-2-3-6-5-4-9-8-7-5/h4,6H,2-3H2,1H3. The van der Waals surface area contributed by atoms with Crippen molar-refractivity contribution in [1.29, 1.82) is 0 Å². The van der Waals surface area contributed by atoms with Gasteiger partial charge in [-0.3, -0.25) is 0 Å². The Balaban J connectivity index is 2.30. The second-order valence-electron chi connectivity index (χ2n) is 1.72. The summed E-state index contributed by atoms with van der Waals surface area (Å²) in [4.78, 5) is 0. The third-order valence-electron chi connectivity index (χ3n) is 0.916. The molecule has 0 amide bonds. The van der Waals surface area contributed by atoms with E-state index >= 15 is 0 Å². The van der Waals surface area contributed by atoms with Crippen LogP contribution in [0.5, 0.6) is 0 Å². The molecule has 0 aliphatic rings. The first-order valence-corrected chi connectivity index (χ1v) is 3.78. The van der Waals surface area contributed by atoms with Crippen LogP contribution in [0.3, 0.4) is 0 Å².